The molecule has 126 valence electrons. The molecule has 3 atom stereocenters. The Morgan fingerprint density at radius 2 is 2.17 bits per heavy atom. The molecule has 3 aliphatic carbocycles. The number of ether oxygens (including phenoxy) is 1. The van der Waals surface area contributed by atoms with Gasteiger partial charge in [0.15, 0.2) is 0 Å². The number of hydrogen-bond acceptors (Lipinski definition) is 4. The third-order valence-electron chi connectivity index (χ3n) is 5.62. The highest BCUT2D eigenvalue weighted by atomic mass is 16.5. The molecule has 23 heavy (non-hydrogen) atoms. The number of rotatable bonds is 8. The molecule has 1 aromatic heterocycles. The van der Waals surface area contributed by atoms with Crippen molar-refractivity contribution >= 4 is 0 Å². The molecule has 3 aliphatic rings. The van der Waals surface area contributed by atoms with Crippen molar-refractivity contribution in [3.05, 3.63) is 41.7 Å². The molecule has 0 aromatic carbocycles. The van der Waals surface area contributed by atoms with Crippen molar-refractivity contribution < 1.29 is 9.84 Å². The Labute approximate surface area is 139 Å². The molecule has 2 N–H and O–H groups in total. The maximum absolute atomic E-state index is 10.0. The maximum Gasteiger partial charge on any atom is 0.0897 e. The quantitative estimate of drug-likeness (QED) is 0.724. The fraction of sp³-hybridized carbons (Fsp3) is 0.632. The van der Waals surface area contributed by atoms with E-state index in [0.717, 1.165) is 12.5 Å². The van der Waals surface area contributed by atoms with Crippen LogP contribution in [-0.4, -0.2) is 36.0 Å². The van der Waals surface area contributed by atoms with Gasteiger partial charge < -0.3 is 15.2 Å². The molecule has 1 heterocycles. The van der Waals surface area contributed by atoms with Gasteiger partial charge in [-0.25, -0.2) is 0 Å². The zero-order valence-electron chi connectivity index (χ0n) is 14.2. The minimum atomic E-state index is -0.469. The molecule has 2 bridgehead atoms. The van der Waals surface area contributed by atoms with Crippen molar-refractivity contribution in [1.29, 1.82) is 0 Å². The van der Waals surface area contributed by atoms with Gasteiger partial charge in [0.1, 0.15) is 0 Å². The molecule has 0 radical (unpaired) electrons. The third kappa shape index (κ3) is 3.82. The van der Waals surface area contributed by atoms with Gasteiger partial charge in [0.05, 0.1) is 19.3 Å². The van der Waals surface area contributed by atoms with E-state index in [2.05, 4.69) is 30.2 Å². The number of aliphatic hydroxyl groups excluding tert-OH is 1. The van der Waals surface area contributed by atoms with Crippen LogP contribution in [0.4, 0.5) is 0 Å². The molecule has 4 nitrogen and oxygen atoms in total. The molecule has 1 saturated carbocycles. The van der Waals surface area contributed by atoms with Crippen molar-refractivity contribution in [3.8, 4) is 0 Å². The van der Waals surface area contributed by atoms with Crippen LogP contribution in [0.15, 0.2) is 36.2 Å². The van der Waals surface area contributed by atoms with Crippen molar-refractivity contribution in [1.82, 2.24) is 10.3 Å². The first-order valence-corrected chi connectivity index (χ1v) is 8.61. The van der Waals surface area contributed by atoms with Crippen LogP contribution in [0.2, 0.25) is 0 Å². The standard InChI is InChI=1S/C19H28N2O2/c1-19(2)16-4-3-15(18(19)9-16)12-23-13-17(22)11-21-10-14-5-7-20-8-6-14/h3,5-8,16-18,21-22H,4,9-13H2,1-2H3. The van der Waals surface area contributed by atoms with E-state index < -0.39 is 6.10 Å². The number of pyridine rings is 1. The van der Waals surface area contributed by atoms with Gasteiger partial charge in [-0.05, 0) is 53.4 Å². The van der Waals surface area contributed by atoms with E-state index >= 15 is 0 Å². The summed E-state index contributed by atoms with van der Waals surface area (Å²) in [5, 5.41) is 13.3. The molecule has 1 fully saturated rings. The second-order valence-electron chi connectivity index (χ2n) is 7.48. The van der Waals surface area contributed by atoms with Crippen LogP contribution in [0.3, 0.4) is 0 Å². The number of allylic oxidation sites excluding steroid dienone is 1. The average molecular weight is 316 g/mol. The van der Waals surface area contributed by atoms with Gasteiger partial charge in [0, 0.05) is 25.5 Å². The van der Waals surface area contributed by atoms with E-state index in [4.69, 9.17) is 4.74 Å². The second-order valence-corrected chi connectivity index (χ2v) is 7.48. The summed E-state index contributed by atoms with van der Waals surface area (Å²) in [5.74, 6) is 1.54. The van der Waals surface area contributed by atoms with Gasteiger partial charge in [-0.1, -0.05) is 19.9 Å². The molecule has 0 aliphatic heterocycles. The van der Waals surface area contributed by atoms with E-state index in [1.165, 1.54) is 24.0 Å². The van der Waals surface area contributed by atoms with Crippen LogP contribution in [0.5, 0.6) is 0 Å². The molecular weight excluding hydrogens is 288 g/mol. The van der Waals surface area contributed by atoms with Gasteiger partial charge in [0.25, 0.3) is 0 Å². The smallest absolute Gasteiger partial charge is 0.0897 e. The summed E-state index contributed by atoms with van der Waals surface area (Å²) in [6.45, 7) is 7.08. The summed E-state index contributed by atoms with van der Waals surface area (Å²) >= 11 is 0. The Morgan fingerprint density at radius 3 is 2.87 bits per heavy atom. The van der Waals surface area contributed by atoms with Crippen LogP contribution in [0.1, 0.15) is 32.3 Å². The fourth-order valence-electron chi connectivity index (χ4n) is 3.90. The zero-order valence-corrected chi connectivity index (χ0v) is 14.2. The SMILES string of the molecule is CC1(C)C2CC=C(COCC(O)CNCc3ccncc3)C1C2. The van der Waals surface area contributed by atoms with E-state index in [0.29, 0.717) is 31.1 Å². The monoisotopic (exact) mass is 316 g/mol. The summed E-state index contributed by atoms with van der Waals surface area (Å²) in [6.07, 6.45) is 7.96. The number of nitrogens with one attached hydrogen (secondary N) is 1. The topological polar surface area (TPSA) is 54.4 Å². The summed E-state index contributed by atoms with van der Waals surface area (Å²) < 4.78 is 5.76. The zero-order chi connectivity index (χ0) is 16.3. The minimum absolute atomic E-state index is 0.386. The molecule has 0 amide bonds. The summed E-state index contributed by atoms with van der Waals surface area (Å²) in [6, 6.07) is 3.94. The maximum atomic E-state index is 10.0. The van der Waals surface area contributed by atoms with Crippen molar-refractivity contribution in [2.45, 2.75) is 39.3 Å². The van der Waals surface area contributed by atoms with E-state index in [1.807, 2.05) is 12.1 Å². The van der Waals surface area contributed by atoms with Crippen molar-refractivity contribution in [2.75, 3.05) is 19.8 Å². The van der Waals surface area contributed by atoms with Crippen LogP contribution >= 0.6 is 0 Å². The highest BCUT2D eigenvalue weighted by molar-refractivity contribution is 5.23. The van der Waals surface area contributed by atoms with Gasteiger partial charge in [-0.15, -0.1) is 0 Å². The van der Waals surface area contributed by atoms with Gasteiger partial charge >= 0.3 is 0 Å². The lowest BCUT2D eigenvalue weighted by atomic mass is 9.49. The van der Waals surface area contributed by atoms with Crippen LogP contribution in [-0.2, 0) is 11.3 Å². The second kappa shape index (κ2) is 7.12. The van der Waals surface area contributed by atoms with E-state index in [9.17, 15) is 5.11 Å². The molecule has 3 unspecified atom stereocenters. The van der Waals surface area contributed by atoms with Crippen molar-refractivity contribution in [2.24, 2.45) is 17.3 Å². The van der Waals surface area contributed by atoms with E-state index in [1.54, 1.807) is 12.4 Å². The normalized spacial score (nSPS) is 26.3. The van der Waals surface area contributed by atoms with Gasteiger partial charge in [0.2, 0.25) is 0 Å². The van der Waals surface area contributed by atoms with Crippen LogP contribution in [0.25, 0.3) is 0 Å². The number of nitrogens with zero attached hydrogens (tertiary/aromatic N) is 1. The lowest BCUT2D eigenvalue weighted by molar-refractivity contribution is -0.0235. The predicted molar refractivity (Wildman–Crippen MR) is 90.8 cm³/mol. The first-order valence-electron chi connectivity index (χ1n) is 8.61. The lowest BCUT2D eigenvalue weighted by Gasteiger charge is -2.56. The fourth-order valence-corrected chi connectivity index (χ4v) is 3.90. The highest BCUT2D eigenvalue weighted by Crippen LogP contribution is 2.59. The Bertz CT molecular complexity index is 542. The number of hydrogen-bond donors (Lipinski definition) is 2. The third-order valence-corrected chi connectivity index (χ3v) is 5.62. The largest absolute Gasteiger partial charge is 0.389 e. The predicted octanol–water partition coefficient (Wildman–Crippen LogP) is 2.54. The lowest BCUT2D eigenvalue weighted by Crippen LogP contribution is -2.48. The first-order chi connectivity index (χ1) is 11.1. The molecule has 1 aromatic rings. The molecule has 4 rings (SSSR count). The minimum Gasteiger partial charge on any atom is -0.389 e. The Morgan fingerprint density at radius 1 is 1.39 bits per heavy atom. The average Bonchev–Trinajstić information content (AvgIpc) is 2.56. The van der Waals surface area contributed by atoms with E-state index in [-0.39, 0.29) is 0 Å². The molecule has 4 heteroatoms. The van der Waals surface area contributed by atoms with Gasteiger partial charge in [-0.2, -0.15) is 0 Å². The number of fused-ring (bicyclic) bond motifs is 1. The highest BCUT2D eigenvalue weighted by Gasteiger charge is 2.50. The van der Waals surface area contributed by atoms with Crippen molar-refractivity contribution in [3.63, 3.8) is 0 Å². The van der Waals surface area contributed by atoms with Crippen LogP contribution < -0.4 is 5.32 Å². The van der Waals surface area contributed by atoms with Crippen LogP contribution in [0, 0.1) is 17.3 Å². The molecule has 0 spiro atoms. The number of aromatic nitrogens is 1. The Balaban J connectivity index is 1.32. The first kappa shape index (κ1) is 16.6. The molecule has 0 saturated heterocycles. The number of aliphatic hydroxyl groups is 1. The van der Waals surface area contributed by atoms with Gasteiger partial charge in [-0.3, -0.25) is 4.98 Å². The Hall–Kier alpha value is -1.23. The Kier molecular flexibility index (Phi) is 5.14. The summed E-state index contributed by atoms with van der Waals surface area (Å²) in [5.41, 5.74) is 3.05. The summed E-state index contributed by atoms with van der Waals surface area (Å²) in [4.78, 5) is 3.99. The summed E-state index contributed by atoms with van der Waals surface area (Å²) in [7, 11) is 0. The molecular formula is C19H28N2O2.